The highest BCUT2D eigenvalue weighted by Gasteiger charge is 2.44. The molecule has 0 saturated carbocycles. The van der Waals surface area contributed by atoms with Gasteiger partial charge in [-0.3, -0.25) is 9.59 Å². The summed E-state index contributed by atoms with van der Waals surface area (Å²) in [6, 6.07) is 4.17. The second-order valence-electron chi connectivity index (χ2n) is 11.4. The zero-order valence-corrected chi connectivity index (χ0v) is 24.4. The number of fused-ring (bicyclic) bond motifs is 1. The van der Waals surface area contributed by atoms with E-state index in [1.165, 1.54) is 16.2 Å². The van der Waals surface area contributed by atoms with E-state index in [1.54, 1.807) is 7.11 Å². The van der Waals surface area contributed by atoms with Crippen LogP contribution in [0, 0.1) is 12.3 Å². The zero-order valence-electron chi connectivity index (χ0n) is 23.6. The van der Waals surface area contributed by atoms with Crippen LogP contribution in [0.2, 0.25) is 0 Å². The SMILES string of the molecule is [B]N[C@H](C(=O)N1CC(Oc2cc(-c3nc(C(C)C)cs3)nc3c(C)c(OC)ccc23)C[C@H]1C(N)=O)C(C)(C)C. The minimum atomic E-state index is -0.803. The van der Waals surface area contributed by atoms with Gasteiger partial charge in [0.05, 0.1) is 30.9 Å². The lowest BCUT2D eigenvalue weighted by atomic mass is 9.84. The maximum absolute atomic E-state index is 13.4. The third kappa shape index (κ3) is 5.74. The number of aryl methyl sites for hydroxylation is 1. The van der Waals surface area contributed by atoms with Crippen LogP contribution in [-0.4, -0.2) is 66.5 Å². The number of rotatable bonds is 8. The van der Waals surface area contributed by atoms with Crippen molar-refractivity contribution in [2.75, 3.05) is 13.7 Å². The van der Waals surface area contributed by atoms with E-state index >= 15 is 0 Å². The molecule has 3 aromatic rings. The predicted octanol–water partition coefficient (Wildman–Crippen LogP) is 3.72. The molecule has 2 amide bonds. The molecule has 39 heavy (non-hydrogen) atoms. The second-order valence-corrected chi connectivity index (χ2v) is 12.2. The number of nitrogens with one attached hydrogen (secondary N) is 1. The molecule has 1 unspecified atom stereocenters. The van der Waals surface area contributed by atoms with Gasteiger partial charge in [-0.15, -0.1) is 11.3 Å². The molecule has 0 aliphatic carbocycles. The normalized spacial score (nSPS) is 18.5. The van der Waals surface area contributed by atoms with Crippen LogP contribution in [0.1, 0.15) is 58.2 Å². The van der Waals surface area contributed by atoms with E-state index < -0.39 is 29.5 Å². The number of thiazole rings is 1. The number of ether oxygens (including phenoxy) is 2. The predicted molar refractivity (Wildman–Crippen MR) is 154 cm³/mol. The Hall–Kier alpha value is -3.18. The number of primary amides is 1. The van der Waals surface area contributed by atoms with Crippen molar-refractivity contribution in [3.63, 3.8) is 0 Å². The average molecular weight is 550 g/mol. The largest absolute Gasteiger partial charge is 0.496 e. The molecule has 206 valence electrons. The van der Waals surface area contributed by atoms with Crippen LogP contribution in [0.25, 0.3) is 21.6 Å². The van der Waals surface area contributed by atoms with Crippen LogP contribution in [0.3, 0.4) is 0 Å². The number of nitrogens with zero attached hydrogens (tertiary/aromatic N) is 3. The summed E-state index contributed by atoms with van der Waals surface area (Å²) in [7, 11) is 7.36. The lowest BCUT2D eigenvalue weighted by molar-refractivity contribution is -0.140. The molecule has 3 heterocycles. The molecule has 1 aliphatic heterocycles. The van der Waals surface area contributed by atoms with Gasteiger partial charge in [-0.25, -0.2) is 9.97 Å². The van der Waals surface area contributed by atoms with E-state index in [9.17, 15) is 9.59 Å². The smallest absolute Gasteiger partial charge is 0.240 e. The molecule has 2 aromatic heterocycles. The van der Waals surface area contributed by atoms with Crippen LogP contribution in [0.15, 0.2) is 23.6 Å². The number of aromatic nitrogens is 2. The summed E-state index contributed by atoms with van der Waals surface area (Å²) in [4.78, 5) is 37.0. The summed E-state index contributed by atoms with van der Waals surface area (Å²) in [6.45, 7) is 12.1. The van der Waals surface area contributed by atoms with Crippen molar-refractivity contribution in [3.8, 4) is 22.2 Å². The molecule has 1 aromatic carbocycles. The molecule has 3 atom stereocenters. The molecule has 2 radical (unpaired) electrons. The molecule has 0 bridgehead atoms. The number of benzene rings is 1. The van der Waals surface area contributed by atoms with Crippen LogP contribution < -0.4 is 20.4 Å². The molecule has 0 spiro atoms. The Balaban J connectivity index is 1.74. The number of hydrogen-bond donors (Lipinski definition) is 2. The highest BCUT2D eigenvalue weighted by atomic mass is 32.1. The Morgan fingerprint density at radius 3 is 2.51 bits per heavy atom. The standard InChI is InChI=1S/C28H36BN5O4S/c1-14(2)19-13-39-26(32-19)18-11-22(17-8-9-21(37-7)15(3)23(17)31-18)38-16-10-20(25(30)35)34(12-16)27(36)24(33-29)28(4,5)6/h8-9,11,13-14,16,20,24,33H,10,12H2,1-7H3,(H2,30,35)/t16?,20-,24+/m0/s1. The molecule has 11 heteroatoms. The van der Waals surface area contributed by atoms with E-state index in [0.29, 0.717) is 23.1 Å². The Morgan fingerprint density at radius 1 is 1.23 bits per heavy atom. The van der Waals surface area contributed by atoms with Gasteiger partial charge in [-0.05, 0) is 30.4 Å². The van der Waals surface area contributed by atoms with Crippen molar-refractivity contribution < 1.29 is 19.1 Å². The van der Waals surface area contributed by atoms with Crippen molar-refractivity contribution in [1.29, 1.82) is 0 Å². The van der Waals surface area contributed by atoms with E-state index in [-0.39, 0.29) is 18.9 Å². The Labute approximate surface area is 234 Å². The van der Waals surface area contributed by atoms with Crippen molar-refractivity contribution >= 4 is 42.0 Å². The summed E-state index contributed by atoms with van der Waals surface area (Å²) in [5, 5.41) is 6.24. The molecule has 4 rings (SSSR count). The zero-order chi connectivity index (χ0) is 28.6. The van der Waals surface area contributed by atoms with Gasteiger partial charge in [0.25, 0.3) is 0 Å². The van der Waals surface area contributed by atoms with Crippen LogP contribution in [0.5, 0.6) is 11.5 Å². The van der Waals surface area contributed by atoms with Gasteiger partial charge in [-0.2, -0.15) is 0 Å². The van der Waals surface area contributed by atoms with E-state index in [1.807, 2.05) is 51.3 Å². The third-order valence-corrected chi connectivity index (χ3v) is 8.03. The van der Waals surface area contributed by atoms with Gasteiger partial charge < -0.3 is 25.3 Å². The first-order chi connectivity index (χ1) is 18.3. The number of likely N-dealkylation sites (tertiary alicyclic amines) is 1. The monoisotopic (exact) mass is 549 g/mol. The highest BCUT2D eigenvalue weighted by molar-refractivity contribution is 7.13. The summed E-state index contributed by atoms with van der Waals surface area (Å²) in [5.41, 5.74) is 8.56. The van der Waals surface area contributed by atoms with Crippen molar-refractivity contribution in [3.05, 3.63) is 34.8 Å². The molecular weight excluding hydrogens is 513 g/mol. The van der Waals surface area contributed by atoms with Crippen molar-refractivity contribution in [2.24, 2.45) is 11.1 Å². The van der Waals surface area contributed by atoms with Gasteiger partial charge in [0.1, 0.15) is 34.3 Å². The maximum Gasteiger partial charge on any atom is 0.240 e. The fraction of sp³-hybridized carbons (Fsp3) is 0.500. The molecule has 9 nitrogen and oxygen atoms in total. The van der Waals surface area contributed by atoms with E-state index in [2.05, 4.69) is 19.1 Å². The first kappa shape index (κ1) is 28.8. The van der Waals surface area contributed by atoms with E-state index in [4.69, 9.17) is 33.2 Å². The van der Waals surface area contributed by atoms with Crippen molar-refractivity contribution in [1.82, 2.24) is 20.1 Å². The van der Waals surface area contributed by atoms with Gasteiger partial charge in [-0.1, -0.05) is 34.6 Å². The summed E-state index contributed by atoms with van der Waals surface area (Å²) in [5.74, 6) is 0.734. The average Bonchev–Trinajstić information content (AvgIpc) is 3.52. The number of hydrogen-bond acceptors (Lipinski definition) is 8. The third-order valence-electron chi connectivity index (χ3n) is 7.15. The number of amides is 2. The summed E-state index contributed by atoms with van der Waals surface area (Å²) in [6.07, 6.45) is -0.195. The lowest BCUT2D eigenvalue weighted by Gasteiger charge is -2.34. The molecule has 1 aliphatic rings. The van der Waals surface area contributed by atoms with Crippen LogP contribution in [-0.2, 0) is 9.59 Å². The first-order valence-electron chi connectivity index (χ1n) is 13.0. The highest BCUT2D eigenvalue weighted by Crippen LogP contribution is 2.38. The topological polar surface area (TPSA) is 120 Å². The Morgan fingerprint density at radius 2 is 1.95 bits per heavy atom. The van der Waals surface area contributed by atoms with E-state index in [0.717, 1.165) is 27.2 Å². The Kier molecular flexibility index (Phi) is 8.23. The van der Waals surface area contributed by atoms with Gasteiger partial charge in [0.2, 0.25) is 11.8 Å². The first-order valence-corrected chi connectivity index (χ1v) is 13.9. The second kappa shape index (κ2) is 11.1. The Bertz CT molecular complexity index is 1390. The molecule has 3 N–H and O–H groups in total. The van der Waals surface area contributed by atoms with Gasteiger partial charge >= 0.3 is 0 Å². The number of carbonyl (C=O) groups is 2. The number of carbonyl (C=O) groups excluding carboxylic acids is 2. The fourth-order valence-electron chi connectivity index (χ4n) is 4.91. The van der Waals surface area contributed by atoms with Crippen LogP contribution >= 0.6 is 11.3 Å². The molecule has 1 fully saturated rings. The van der Waals surface area contributed by atoms with Crippen LogP contribution in [0.4, 0.5) is 0 Å². The molecule has 1 saturated heterocycles. The minimum absolute atomic E-state index is 0.198. The lowest BCUT2D eigenvalue weighted by Crippen LogP contribution is -2.55. The fourth-order valence-corrected chi connectivity index (χ4v) is 5.85. The molecular formula is C28H36BN5O4S. The van der Waals surface area contributed by atoms with Gasteiger partial charge in [0.15, 0.2) is 7.98 Å². The summed E-state index contributed by atoms with van der Waals surface area (Å²) < 4.78 is 12.1. The quantitative estimate of drug-likeness (QED) is 0.411. The summed E-state index contributed by atoms with van der Waals surface area (Å²) >= 11 is 1.53. The van der Waals surface area contributed by atoms with Gasteiger partial charge in [0, 0.05) is 28.8 Å². The number of nitrogens with two attached hydrogens (primary N) is 1. The minimum Gasteiger partial charge on any atom is -0.496 e. The van der Waals surface area contributed by atoms with Crippen molar-refractivity contribution in [2.45, 2.75) is 72.1 Å². The maximum atomic E-state index is 13.4. The number of pyridine rings is 1. The number of methoxy groups -OCH3 is 1.